The van der Waals surface area contributed by atoms with Crippen LogP contribution >= 0.6 is 11.8 Å². The van der Waals surface area contributed by atoms with E-state index < -0.39 is 12.7 Å². The van der Waals surface area contributed by atoms with Crippen LogP contribution in [0.5, 0.6) is 0 Å². The van der Waals surface area contributed by atoms with E-state index in [4.69, 9.17) is 0 Å². The second-order valence-electron chi connectivity index (χ2n) is 6.15. The fourth-order valence-corrected chi connectivity index (χ4v) is 3.85. The number of carbonyl (C=O) groups excluding carboxylic acids is 1. The third-order valence-corrected chi connectivity index (χ3v) is 5.24. The van der Waals surface area contributed by atoms with E-state index in [2.05, 4.69) is 21.6 Å². The second kappa shape index (κ2) is 6.80. The smallest absolute Gasteiger partial charge is 0.293 e. The summed E-state index contributed by atoms with van der Waals surface area (Å²) in [5.74, 6) is -0.229. The number of halogens is 3. The van der Waals surface area contributed by atoms with E-state index in [1.807, 2.05) is 30.3 Å². The molecule has 0 amide bonds. The summed E-state index contributed by atoms with van der Waals surface area (Å²) in [5, 5.41) is 10.1. The Labute approximate surface area is 156 Å². The van der Waals surface area contributed by atoms with Crippen molar-refractivity contribution in [3.05, 3.63) is 59.2 Å². The molecule has 0 saturated heterocycles. The summed E-state index contributed by atoms with van der Waals surface area (Å²) in [6.45, 7) is -1.29. The maximum Gasteiger partial charge on any atom is 0.408 e. The molecular formula is C18H13F3N4OS. The summed E-state index contributed by atoms with van der Waals surface area (Å²) in [7, 11) is 0. The first-order valence-electron chi connectivity index (χ1n) is 8.11. The number of benzene rings is 2. The second-order valence-corrected chi connectivity index (χ2v) is 7.09. The van der Waals surface area contributed by atoms with Gasteiger partial charge in [0.1, 0.15) is 6.54 Å². The van der Waals surface area contributed by atoms with Crippen LogP contribution in [0, 0.1) is 0 Å². The van der Waals surface area contributed by atoms with Gasteiger partial charge in [-0.2, -0.15) is 13.2 Å². The van der Waals surface area contributed by atoms with Gasteiger partial charge in [-0.05, 0) is 45.2 Å². The highest BCUT2D eigenvalue weighted by Crippen LogP contribution is 2.37. The molecule has 0 saturated carbocycles. The van der Waals surface area contributed by atoms with Crippen molar-refractivity contribution in [3.63, 3.8) is 0 Å². The molecule has 5 nitrogen and oxygen atoms in total. The lowest BCUT2D eigenvalue weighted by molar-refractivity contribution is -0.144. The van der Waals surface area contributed by atoms with Crippen LogP contribution in [0.1, 0.15) is 21.5 Å². The highest BCUT2D eigenvalue weighted by Gasteiger charge is 2.30. The Hall–Kier alpha value is -2.68. The standard InChI is InChI=1S/C18H13F3N4OS/c19-18(20,21)10-25-17(22-23-24-25)27-9-16(26)13-6-5-12-7-11-3-1-2-4-14(11)15(12)8-13/h1-6,8H,7,9-10H2. The number of thioether (sulfide) groups is 1. The number of hydrogen-bond acceptors (Lipinski definition) is 5. The van der Waals surface area contributed by atoms with Crippen LogP contribution in [-0.4, -0.2) is 37.9 Å². The number of nitrogens with zero attached hydrogens (tertiary/aromatic N) is 4. The Morgan fingerprint density at radius 1 is 1.11 bits per heavy atom. The van der Waals surface area contributed by atoms with E-state index in [0.717, 1.165) is 34.9 Å². The first-order valence-corrected chi connectivity index (χ1v) is 9.09. The van der Waals surface area contributed by atoms with Gasteiger partial charge in [0, 0.05) is 5.56 Å². The molecule has 0 radical (unpaired) electrons. The van der Waals surface area contributed by atoms with Crippen LogP contribution in [0.2, 0.25) is 0 Å². The third kappa shape index (κ3) is 3.73. The topological polar surface area (TPSA) is 60.7 Å². The zero-order chi connectivity index (χ0) is 19.0. The summed E-state index contributed by atoms with van der Waals surface area (Å²) in [6.07, 6.45) is -3.59. The molecular weight excluding hydrogens is 377 g/mol. The van der Waals surface area contributed by atoms with Crippen LogP contribution < -0.4 is 0 Å². The Morgan fingerprint density at radius 2 is 1.89 bits per heavy atom. The van der Waals surface area contributed by atoms with Crippen molar-refractivity contribution in [2.75, 3.05) is 5.75 Å². The largest absolute Gasteiger partial charge is 0.408 e. The maximum absolute atomic E-state index is 12.5. The van der Waals surface area contributed by atoms with Gasteiger partial charge in [0.25, 0.3) is 0 Å². The fraction of sp³-hybridized carbons (Fsp3) is 0.222. The van der Waals surface area contributed by atoms with Crippen LogP contribution in [0.15, 0.2) is 47.6 Å². The lowest BCUT2D eigenvalue weighted by atomic mass is 10.0. The quantitative estimate of drug-likeness (QED) is 0.383. The number of tetrazole rings is 1. The Morgan fingerprint density at radius 3 is 2.70 bits per heavy atom. The molecule has 0 aliphatic heterocycles. The number of Topliss-reactive ketones (excluding diaryl/α,β-unsaturated/α-hetero) is 1. The van der Waals surface area contributed by atoms with Crippen LogP contribution in [-0.2, 0) is 13.0 Å². The van der Waals surface area contributed by atoms with Crippen molar-refractivity contribution >= 4 is 17.5 Å². The number of ketones is 1. The molecule has 0 fully saturated rings. The van der Waals surface area contributed by atoms with Crippen LogP contribution in [0.25, 0.3) is 11.1 Å². The number of fused-ring (bicyclic) bond motifs is 3. The molecule has 1 aromatic heterocycles. The Balaban J connectivity index is 1.49. The predicted molar refractivity (Wildman–Crippen MR) is 93.6 cm³/mol. The number of aromatic nitrogens is 4. The van der Waals surface area contributed by atoms with Crippen molar-refractivity contribution in [2.24, 2.45) is 0 Å². The highest BCUT2D eigenvalue weighted by atomic mass is 32.2. The molecule has 1 aliphatic carbocycles. The van der Waals surface area contributed by atoms with E-state index in [-0.39, 0.29) is 16.7 Å². The minimum absolute atomic E-state index is 0.0350. The molecule has 4 rings (SSSR count). The molecule has 2 aromatic carbocycles. The average Bonchev–Trinajstić information content (AvgIpc) is 3.21. The molecule has 0 spiro atoms. The molecule has 138 valence electrons. The summed E-state index contributed by atoms with van der Waals surface area (Å²) < 4.78 is 38.2. The van der Waals surface area contributed by atoms with Gasteiger partial charge in [0.05, 0.1) is 5.75 Å². The van der Waals surface area contributed by atoms with E-state index in [9.17, 15) is 18.0 Å². The summed E-state index contributed by atoms with van der Waals surface area (Å²) in [5.41, 5.74) is 5.05. The molecule has 27 heavy (non-hydrogen) atoms. The van der Waals surface area contributed by atoms with Crippen molar-refractivity contribution in [1.29, 1.82) is 0 Å². The fourth-order valence-electron chi connectivity index (χ4n) is 3.08. The maximum atomic E-state index is 12.5. The van der Waals surface area contributed by atoms with Gasteiger partial charge in [0.2, 0.25) is 5.16 Å². The Kier molecular flexibility index (Phi) is 4.47. The van der Waals surface area contributed by atoms with Crippen LogP contribution in [0.4, 0.5) is 13.2 Å². The number of rotatable bonds is 5. The van der Waals surface area contributed by atoms with Gasteiger partial charge in [-0.1, -0.05) is 48.2 Å². The first-order chi connectivity index (χ1) is 12.9. The van der Waals surface area contributed by atoms with Crippen molar-refractivity contribution in [3.8, 4) is 11.1 Å². The lowest BCUT2D eigenvalue weighted by Crippen LogP contribution is -2.19. The van der Waals surface area contributed by atoms with Crippen LogP contribution in [0.3, 0.4) is 0 Å². The van der Waals surface area contributed by atoms with E-state index in [1.54, 1.807) is 6.07 Å². The van der Waals surface area contributed by atoms with Gasteiger partial charge in [-0.15, -0.1) is 5.10 Å². The van der Waals surface area contributed by atoms with Crippen molar-refractivity contribution in [2.45, 2.75) is 24.3 Å². The zero-order valence-electron chi connectivity index (χ0n) is 13.9. The monoisotopic (exact) mass is 390 g/mol. The molecule has 0 atom stereocenters. The highest BCUT2D eigenvalue weighted by molar-refractivity contribution is 7.99. The SMILES string of the molecule is O=C(CSc1nnnn1CC(F)(F)F)c1ccc2c(c1)-c1ccccc1C2. The van der Waals surface area contributed by atoms with Gasteiger partial charge in [-0.3, -0.25) is 4.79 Å². The number of carbonyl (C=O) groups is 1. The summed E-state index contributed by atoms with van der Waals surface area (Å²) in [6, 6.07) is 13.6. The lowest BCUT2D eigenvalue weighted by Gasteiger charge is -2.08. The molecule has 1 heterocycles. The van der Waals surface area contributed by atoms with Gasteiger partial charge < -0.3 is 0 Å². The van der Waals surface area contributed by atoms with E-state index in [0.29, 0.717) is 10.2 Å². The Bertz CT molecular complexity index is 1020. The number of alkyl halides is 3. The minimum Gasteiger partial charge on any atom is -0.293 e. The molecule has 3 aromatic rings. The molecule has 0 N–H and O–H groups in total. The molecule has 0 unspecified atom stereocenters. The molecule has 0 bridgehead atoms. The normalized spacial score (nSPS) is 12.7. The van der Waals surface area contributed by atoms with E-state index >= 15 is 0 Å². The summed E-state index contributed by atoms with van der Waals surface area (Å²) in [4.78, 5) is 12.5. The van der Waals surface area contributed by atoms with Gasteiger partial charge >= 0.3 is 6.18 Å². The van der Waals surface area contributed by atoms with E-state index in [1.165, 1.54) is 5.56 Å². The summed E-state index contributed by atoms with van der Waals surface area (Å²) >= 11 is 0.894. The predicted octanol–water partition coefficient (Wildman–Crippen LogP) is 3.78. The van der Waals surface area contributed by atoms with Crippen molar-refractivity contribution in [1.82, 2.24) is 20.2 Å². The first kappa shape index (κ1) is 17.7. The molecule has 9 heteroatoms. The van der Waals surface area contributed by atoms with Crippen molar-refractivity contribution < 1.29 is 18.0 Å². The molecule has 1 aliphatic rings. The average molecular weight is 390 g/mol. The van der Waals surface area contributed by atoms with Gasteiger partial charge in [0.15, 0.2) is 5.78 Å². The number of hydrogen-bond donors (Lipinski definition) is 0. The third-order valence-electron chi connectivity index (χ3n) is 4.28. The zero-order valence-corrected chi connectivity index (χ0v) is 14.7. The minimum atomic E-state index is -4.43. The van der Waals surface area contributed by atoms with Gasteiger partial charge in [-0.25, -0.2) is 4.68 Å².